The van der Waals surface area contributed by atoms with E-state index < -0.39 is 11.2 Å². The molecule has 1 N–H and O–H groups in total. The van der Waals surface area contributed by atoms with E-state index in [4.69, 9.17) is 0 Å². The Kier molecular flexibility index (Phi) is 4.61. The van der Waals surface area contributed by atoms with Crippen LogP contribution in [0.3, 0.4) is 0 Å². The molecule has 6 heteroatoms. The first-order valence-electron chi connectivity index (χ1n) is 8.53. The Morgan fingerprint density at radius 1 is 1.24 bits per heavy atom. The van der Waals surface area contributed by atoms with Crippen LogP contribution in [0.4, 0.5) is 0 Å². The first-order chi connectivity index (χ1) is 11.9. The van der Waals surface area contributed by atoms with E-state index in [-0.39, 0.29) is 17.9 Å². The van der Waals surface area contributed by atoms with Crippen molar-refractivity contribution >= 4 is 5.91 Å². The highest BCUT2D eigenvalue weighted by atomic mass is 16.2. The Hall–Kier alpha value is -2.63. The van der Waals surface area contributed by atoms with E-state index in [1.54, 1.807) is 6.92 Å². The largest absolute Gasteiger partial charge is 0.340 e. The summed E-state index contributed by atoms with van der Waals surface area (Å²) in [5.74, 6) is -0.101. The molecule has 1 fully saturated rings. The lowest BCUT2D eigenvalue weighted by Gasteiger charge is -2.41. The molecule has 1 aromatic heterocycles. The number of carbonyl (C=O) groups excluding carboxylic acids is 1. The summed E-state index contributed by atoms with van der Waals surface area (Å²) < 4.78 is 1.27. The number of amides is 1. The second-order valence-corrected chi connectivity index (χ2v) is 7.04. The van der Waals surface area contributed by atoms with Gasteiger partial charge in [-0.1, -0.05) is 37.3 Å². The van der Waals surface area contributed by atoms with Crippen LogP contribution in [0, 0.1) is 6.92 Å². The molecule has 0 bridgehead atoms. The molecule has 132 valence electrons. The number of H-pyrrole nitrogens is 1. The standard InChI is InChI=1S/C19H23N3O3/c1-14-11-22(18(25)20-17(14)24)12-16(23)21-10-6-9-19(2,13-21)15-7-4-3-5-8-15/h3-5,7-8,11H,6,9-10,12-13H2,1-2H3,(H,20,24,25)/t19-/m1/s1. The summed E-state index contributed by atoms with van der Waals surface area (Å²) in [5, 5.41) is 0. The van der Waals surface area contributed by atoms with Crippen LogP contribution >= 0.6 is 0 Å². The van der Waals surface area contributed by atoms with E-state index in [0.717, 1.165) is 12.8 Å². The Morgan fingerprint density at radius 3 is 2.68 bits per heavy atom. The molecule has 3 rings (SSSR count). The quantitative estimate of drug-likeness (QED) is 0.917. The number of carbonyl (C=O) groups is 1. The fourth-order valence-electron chi connectivity index (χ4n) is 3.51. The summed E-state index contributed by atoms with van der Waals surface area (Å²) in [7, 11) is 0. The molecule has 25 heavy (non-hydrogen) atoms. The topological polar surface area (TPSA) is 75.2 Å². The summed E-state index contributed by atoms with van der Waals surface area (Å²) >= 11 is 0. The lowest BCUT2D eigenvalue weighted by atomic mass is 9.76. The molecule has 1 atom stereocenters. The van der Waals surface area contributed by atoms with E-state index in [2.05, 4.69) is 24.0 Å². The van der Waals surface area contributed by atoms with Gasteiger partial charge in [0.05, 0.1) is 0 Å². The highest BCUT2D eigenvalue weighted by Crippen LogP contribution is 2.33. The Labute approximate surface area is 146 Å². The third-order valence-electron chi connectivity index (χ3n) is 5.01. The summed E-state index contributed by atoms with van der Waals surface area (Å²) in [4.78, 5) is 40.1. The van der Waals surface area contributed by atoms with Crippen molar-refractivity contribution in [3.8, 4) is 0 Å². The highest BCUT2D eigenvalue weighted by molar-refractivity contribution is 5.76. The molecule has 1 aliphatic heterocycles. The van der Waals surface area contributed by atoms with Crippen LogP contribution in [0.2, 0.25) is 0 Å². The number of hydrogen-bond acceptors (Lipinski definition) is 3. The maximum atomic E-state index is 12.7. The molecule has 2 aromatic rings. The van der Waals surface area contributed by atoms with Crippen LogP contribution in [0.15, 0.2) is 46.1 Å². The fourth-order valence-corrected chi connectivity index (χ4v) is 3.51. The Morgan fingerprint density at radius 2 is 1.96 bits per heavy atom. The Bertz CT molecular complexity index is 885. The highest BCUT2D eigenvalue weighted by Gasteiger charge is 2.34. The van der Waals surface area contributed by atoms with Crippen molar-refractivity contribution in [2.75, 3.05) is 13.1 Å². The summed E-state index contributed by atoms with van der Waals surface area (Å²) in [6, 6.07) is 10.2. The molecule has 1 amide bonds. The molecule has 1 aliphatic rings. The molecule has 1 aromatic carbocycles. The summed E-state index contributed by atoms with van der Waals surface area (Å²) in [6.07, 6.45) is 3.40. The van der Waals surface area contributed by atoms with E-state index in [1.165, 1.54) is 16.3 Å². The Balaban J connectivity index is 1.78. The summed E-state index contributed by atoms with van der Waals surface area (Å²) in [5.41, 5.74) is 0.598. The van der Waals surface area contributed by atoms with Crippen LogP contribution in [0.5, 0.6) is 0 Å². The molecule has 0 aliphatic carbocycles. The normalized spacial score (nSPS) is 20.5. The third kappa shape index (κ3) is 3.57. The number of benzene rings is 1. The first-order valence-corrected chi connectivity index (χ1v) is 8.53. The number of nitrogens with one attached hydrogen (secondary N) is 1. The molecule has 0 saturated carbocycles. The van der Waals surface area contributed by atoms with Gasteiger partial charge in [-0.15, -0.1) is 0 Å². The van der Waals surface area contributed by atoms with Gasteiger partial charge in [0.2, 0.25) is 5.91 Å². The van der Waals surface area contributed by atoms with Gasteiger partial charge in [0.15, 0.2) is 0 Å². The lowest BCUT2D eigenvalue weighted by molar-refractivity contribution is -0.134. The summed E-state index contributed by atoms with van der Waals surface area (Å²) in [6.45, 7) is 5.07. The van der Waals surface area contributed by atoms with Gasteiger partial charge in [-0.3, -0.25) is 19.1 Å². The van der Waals surface area contributed by atoms with Crippen molar-refractivity contribution in [1.29, 1.82) is 0 Å². The van der Waals surface area contributed by atoms with Gasteiger partial charge in [0.1, 0.15) is 6.54 Å². The molecule has 0 spiro atoms. The average Bonchev–Trinajstić information content (AvgIpc) is 2.60. The van der Waals surface area contributed by atoms with Gasteiger partial charge in [0.25, 0.3) is 5.56 Å². The van der Waals surface area contributed by atoms with Crippen LogP contribution in [0.1, 0.15) is 30.9 Å². The molecule has 0 radical (unpaired) electrons. The number of aryl methyl sites for hydroxylation is 1. The van der Waals surface area contributed by atoms with Gasteiger partial charge in [-0.25, -0.2) is 4.79 Å². The van der Waals surface area contributed by atoms with Gasteiger partial charge < -0.3 is 4.90 Å². The van der Waals surface area contributed by atoms with Crippen molar-refractivity contribution < 1.29 is 4.79 Å². The van der Waals surface area contributed by atoms with Crippen LogP contribution in [-0.4, -0.2) is 33.4 Å². The number of piperidine rings is 1. The van der Waals surface area contributed by atoms with Crippen LogP contribution < -0.4 is 11.2 Å². The van der Waals surface area contributed by atoms with Crippen LogP contribution in [0.25, 0.3) is 0 Å². The SMILES string of the molecule is Cc1cn(CC(=O)N2CCC[C@@](C)(c3ccccc3)C2)c(=O)[nH]c1=O. The predicted molar refractivity (Wildman–Crippen MR) is 95.7 cm³/mol. The van der Waals surface area contributed by atoms with Crippen molar-refractivity contribution in [3.05, 3.63) is 68.5 Å². The lowest BCUT2D eigenvalue weighted by Crippen LogP contribution is -2.48. The van der Waals surface area contributed by atoms with Gasteiger partial charge in [-0.2, -0.15) is 0 Å². The number of rotatable bonds is 3. The van der Waals surface area contributed by atoms with Gasteiger partial charge >= 0.3 is 5.69 Å². The smallest absolute Gasteiger partial charge is 0.328 e. The van der Waals surface area contributed by atoms with E-state index in [9.17, 15) is 14.4 Å². The minimum atomic E-state index is -0.549. The minimum Gasteiger partial charge on any atom is -0.340 e. The zero-order valence-electron chi connectivity index (χ0n) is 14.6. The predicted octanol–water partition coefficient (Wildman–Crippen LogP) is 1.43. The van der Waals surface area contributed by atoms with E-state index in [0.29, 0.717) is 18.7 Å². The molecule has 6 nitrogen and oxygen atoms in total. The van der Waals surface area contributed by atoms with Crippen molar-refractivity contribution in [2.45, 2.75) is 38.6 Å². The molecule has 1 saturated heterocycles. The molecular weight excluding hydrogens is 318 g/mol. The minimum absolute atomic E-state index is 0.0542. The van der Waals surface area contributed by atoms with Gasteiger partial charge in [-0.05, 0) is 25.3 Å². The number of likely N-dealkylation sites (tertiary alicyclic amines) is 1. The van der Waals surface area contributed by atoms with Crippen molar-refractivity contribution in [3.63, 3.8) is 0 Å². The maximum Gasteiger partial charge on any atom is 0.328 e. The number of aromatic nitrogens is 2. The molecule has 0 unspecified atom stereocenters. The second kappa shape index (κ2) is 6.70. The molecular formula is C19H23N3O3. The second-order valence-electron chi connectivity index (χ2n) is 7.04. The maximum absolute atomic E-state index is 12.7. The van der Waals surface area contributed by atoms with Crippen molar-refractivity contribution in [1.82, 2.24) is 14.5 Å². The molecule has 2 heterocycles. The first kappa shape index (κ1) is 17.2. The van der Waals surface area contributed by atoms with Crippen LogP contribution in [-0.2, 0) is 16.8 Å². The number of nitrogens with zero attached hydrogens (tertiary/aromatic N) is 2. The fraction of sp³-hybridized carbons (Fsp3) is 0.421. The van der Waals surface area contributed by atoms with Crippen molar-refractivity contribution in [2.24, 2.45) is 0 Å². The van der Waals surface area contributed by atoms with Gasteiger partial charge in [0, 0.05) is 30.3 Å². The third-order valence-corrected chi connectivity index (χ3v) is 5.01. The average molecular weight is 341 g/mol. The monoisotopic (exact) mass is 341 g/mol. The zero-order valence-corrected chi connectivity index (χ0v) is 14.6. The van der Waals surface area contributed by atoms with E-state index in [1.807, 2.05) is 23.1 Å². The van der Waals surface area contributed by atoms with E-state index >= 15 is 0 Å². The number of hydrogen-bond donors (Lipinski definition) is 1. The zero-order chi connectivity index (χ0) is 18.0. The number of aromatic amines is 1.